The van der Waals surface area contributed by atoms with Gasteiger partial charge in [0.05, 0.1) is 26.9 Å². The first-order chi connectivity index (χ1) is 14.4. The van der Waals surface area contributed by atoms with Crippen molar-refractivity contribution in [2.75, 3.05) is 23.3 Å². The molecule has 2 aromatic rings. The molecule has 0 saturated carbocycles. The highest BCUT2D eigenvalue weighted by atomic mass is 35.5. The van der Waals surface area contributed by atoms with E-state index in [1.54, 1.807) is 48.5 Å². The van der Waals surface area contributed by atoms with Crippen molar-refractivity contribution in [3.63, 3.8) is 0 Å². The minimum atomic E-state index is -0.401. The number of carbonyl (C=O) groups is 3. The van der Waals surface area contributed by atoms with Crippen molar-refractivity contribution in [1.29, 1.82) is 0 Å². The molecule has 30 heavy (non-hydrogen) atoms. The molecule has 6 nitrogen and oxygen atoms in total. The normalized spacial score (nSPS) is 18.3. The minimum Gasteiger partial charge on any atom is -0.323 e. The predicted molar refractivity (Wildman–Crippen MR) is 123 cm³/mol. The highest BCUT2D eigenvalue weighted by molar-refractivity contribution is 8.26. The van der Waals surface area contributed by atoms with Crippen LogP contribution in [0.2, 0.25) is 5.02 Å². The van der Waals surface area contributed by atoms with E-state index in [9.17, 15) is 14.4 Å². The van der Waals surface area contributed by atoms with Crippen molar-refractivity contribution < 1.29 is 14.4 Å². The number of halogens is 1. The van der Waals surface area contributed by atoms with Gasteiger partial charge in [0.25, 0.3) is 11.8 Å². The number of hydrogen-bond acceptors (Lipinski definition) is 5. The summed E-state index contributed by atoms with van der Waals surface area (Å²) in [6.07, 6.45) is 0. The first-order valence-corrected chi connectivity index (χ1v) is 10.8. The Bertz CT molecular complexity index is 1130. The molecule has 2 aliphatic rings. The molecule has 0 radical (unpaired) electrons. The quantitative estimate of drug-likeness (QED) is 0.556. The maximum atomic E-state index is 13.3. The van der Waals surface area contributed by atoms with Crippen LogP contribution in [0.5, 0.6) is 0 Å². The number of fused-ring (bicyclic) bond motifs is 1. The third-order valence-corrected chi connectivity index (χ3v) is 6.54. The predicted octanol–water partition coefficient (Wildman–Crippen LogP) is 3.92. The van der Waals surface area contributed by atoms with Gasteiger partial charge in [-0.25, -0.2) is 0 Å². The smallest absolute Gasteiger partial charge is 0.266 e. The Kier molecular flexibility index (Phi) is 5.64. The summed E-state index contributed by atoms with van der Waals surface area (Å²) in [7, 11) is 0. The average Bonchev–Trinajstić information content (AvgIpc) is 3.16. The highest BCUT2D eigenvalue weighted by Gasteiger charge is 2.41. The maximum Gasteiger partial charge on any atom is 0.266 e. The third-order valence-electron chi connectivity index (χ3n) is 4.77. The zero-order valence-electron chi connectivity index (χ0n) is 15.8. The largest absolute Gasteiger partial charge is 0.323 e. The number of nitrogens with zero attached hydrogens (tertiary/aromatic N) is 2. The Morgan fingerprint density at radius 2 is 1.77 bits per heavy atom. The van der Waals surface area contributed by atoms with Crippen LogP contribution in [0, 0.1) is 0 Å². The molecule has 2 heterocycles. The molecule has 1 saturated heterocycles. The Labute approximate surface area is 187 Å². The van der Waals surface area contributed by atoms with E-state index in [0.29, 0.717) is 37.7 Å². The van der Waals surface area contributed by atoms with Gasteiger partial charge in [0, 0.05) is 12.1 Å². The van der Waals surface area contributed by atoms with E-state index in [-0.39, 0.29) is 18.0 Å². The second kappa shape index (κ2) is 8.22. The second-order valence-electron chi connectivity index (χ2n) is 6.56. The number of carbonyl (C=O) groups excluding carboxylic acids is 3. The molecule has 3 amide bonds. The van der Waals surface area contributed by atoms with Gasteiger partial charge >= 0.3 is 0 Å². The lowest BCUT2D eigenvalue weighted by Gasteiger charge is -2.17. The Morgan fingerprint density at radius 3 is 2.47 bits per heavy atom. The molecule has 9 heteroatoms. The molecule has 0 atom stereocenters. The van der Waals surface area contributed by atoms with Crippen molar-refractivity contribution in [1.82, 2.24) is 4.90 Å². The van der Waals surface area contributed by atoms with E-state index in [2.05, 4.69) is 5.32 Å². The molecule has 2 aliphatic heterocycles. The number of rotatable bonds is 4. The van der Waals surface area contributed by atoms with Gasteiger partial charge in [-0.2, -0.15) is 0 Å². The molecule has 0 spiro atoms. The summed E-state index contributed by atoms with van der Waals surface area (Å²) in [6.45, 7) is 2.05. The number of thioether (sulfide) groups is 1. The van der Waals surface area contributed by atoms with Crippen LogP contribution in [0.15, 0.2) is 53.4 Å². The van der Waals surface area contributed by atoms with E-state index >= 15 is 0 Å². The van der Waals surface area contributed by atoms with Gasteiger partial charge in [0.15, 0.2) is 0 Å². The Balaban J connectivity index is 1.67. The van der Waals surface area contributed by atoms with Gasteiger partial charge < -0.3 is 5.32 Å². The number of likely N-dealkylation sites (N-methyl/N-ethyl adjacent to an activating group) is 1. The molecule has 152 valence electrons. The number of nitrogens with one attached hydrogen (secondary N) is 1. The van der Waals surface area contributed by atoms with Crippen LogP contribution in [0.3, 0.4) is 0 Å². The van der Waals surface area contributed by atoms with Crippen LogP contribution in [0.25, 0.3) is 5.57 Å². The molecule has 4 rings (SSSR count). The van der Waals surface area contributed by atoms with E-state index in [4.69, 9.17) is 23.8 Å². The highest BCUT2D eigenvalue weighted by Crippen LogP contribution is 2.44. The number of para-hydroxylation sites is 2. The van der Waals surface area contributed by atoms with Crippen LogP contribution in [0.1, 0.15) is 12.5 Å². The van der Waals surface area contributed by atoms with Crippen LogP contribution < -0.4 is 10.2 Å². The zero-order valence-corrected chi connectivity index (χ0v) is 18.2. The van der Waals surface area contributed by atoms with Crippen molar-refractivity contribution in [3.8, 4) is 0 Å². The number of benzene rings is 2. The van der Waals surface area contributed by atoms with E-state index < -0.39 is 11.8 Å². The Morgan fingerprint density at radius 1 is 1.07 bits per heavy atom. The van der Waals surface area contributed by atoms with Crippen molar-refractivity contribution >= 4 is 74.6 Å². The summed E-state index contributed by atoms with van der Waals surface area (Å²) in [5.74, 6) is -1.08. The molecular weight excluding hydrogens is 442 g/mol. The van der Waals surface area contributed by atoms with Crippen molar-refractivity contribution in [2.24, 2.45) is 0 Å². The van der Waals surface area contributed by atoms with Crippen molar-refractivity contribution in [2.45, 2.75) is 6.92 Å². The van der Waals surface area contributed by atoms with Gasteiger partial charge in [-0.3, -0.25) is 24.2 Å². The first-order valence-electron chi connectivity index (χ1n) is 9.16. The fraction of sp³-hybridized carbons (Fsp3) is 0.143. The summed E-state index contributed by atoms with van der Waals surface area (Å²) in [5, 5.41) is 3.13. The summed E-state index contributed by atoms with van der Waals surface area (Å²) < 4.78 is 0.421. The number of anilines is 2. The molecule has 1 fully saturated rings. The molecule has 1 N–H and O–H groups in total. The lowest BCUT2D eigenvalue weighted by molar-refractivity contribution is -0.122. The summed E-state index contributed by atoms with van der Waals surface area (Å²) >= 11 is 12.5. The van der Waals surface area contributed by atoms with Crippen molar-refractivity contribution in [3.05, 3.63) is 64.0 Å². The van der Waals surface area contributed by atoms with Crippen LogP contribution in [-0.4, -0.2) is 40.0 Å². The molecule has 0 aliphatic carbocycles. The van der Waals surface area contributed by atoms with E-state index in [1.165, 1.54) is 9.80 Å². The van der Waals surface area contributed by atoms with Gasteiger partial charge in [0.2, 0.25) is 5.91 Å². The summed E-state index contributed by atoms with van der Waals surface area (Å²) in [4.78, 5) is 41.8. The van der Waals surface area contributed by atoms with Crippen LogP contribution in [0.4, 0.5) is 11.4 Å². The average molecular weight is 458 g/mol. The second-order valence-corrected chi connectivity index (χ2v) is 8.61. The Hall–Kier alpha value is -2.68. The topological polar surface area (TPSA) is 69.7 Å². The number of hydrogen-bond donors (Lipinski definition) is 1. The fourth-order valence-corrected chi connectivity index (χ4v) is 5.01. The summed E-state index contributed by atoms with van der Waals surface area (Å²) in [6, 6.07) is 14.0. The van der Waals surface area contributed by atoms with Crippen LogP contribution in [-0.2, 0) is 14.4 Å². The van der Waals surface area contributed by atoms with Gasteiger partial charge in [0.1, 0.15) is 10.9 Å². The first kappa shape index (κ1) is 20.6. The maximum absolute atomic E-state index is 13.3. The van der Waals surface area contributed by atoms with Crippen LogP contribution >= 0.6 is 35.6 Å². The molecule has 0 bridgehead atoms. The molecule has 2 aromatic carbocycles. The third kappa shape index (κ3) is 3.51. The van der Waals surface area contributed by atoms with Gasteiger partial charge in [-0.1, -0.05) is 65.9 Å². The van der Waals surface area contributed by atoms with E-state index in [1.807, 2.05) is 6.92 Å². The van der Waals surface area contributed by atoms with Gasteiger partial charge in [-0.05, 0) is 25.1 Å². The lowest BCUT2D eigenvalue weighted by atomic mass is 10.1. The lowest BCUT2D eigenvalue weighted by Crippen LogP contribution is -2.35. The minimum absolute atomic E-state index is 0.210. The number of thiocarbonyl (C=S) groups is 1. The van der Waals surface area contributed by atoms with Gasteiger partial charge in [-0.15, -0.1) is 0 Å². The summed E-state index contributed by atoms with van der Waals surface area (Å²) in [5.41, 5.74) is 1.94. The molecule has 0 unspecified atom stereocenters. The fourth-order valence-electron chi connectivity index (χ4n) is 3.37. The SMILES string of the molecule is CCN1C(=O)C(=C2C(=O)N(CC(=O)Nc3ccccc3Cl)c3ccccc32)SC1=S. The monoisotopic (exact) mass is 457 g/mol. The molecular formula is C21H16ClN3O3S2. The van der Waals surface area contributed by atoms with E-state index in [0.717, 1.165) is 11.8 Å². The molecule has 0 aromatic heterocycles. The standard InChI is InChI=1S/C21H16ClN3O3S2/c1-2-24-20(28)18(30-21(24)29)17-12-7-3-6-10-15(12)25(19(17)27)11-16(26)23-14-9-5-4-8-13(14)22/h3-10H,2,11H2,1H3,(H,23,26). The number of amides is 3. The zero-order chi connectivity index (χ0) is 21.4.